The molecule has 1 aliphatic heterocycles. The smallest absolute Gasteiger partial charge is 0.217 e. The summed E-state index contributed by atoms with van der Waals surface area (Å²) in [5, 5.41) is 30.6. The lowest BCUT2D eigenvalue weighted by Gasteiger charge is -2.39. The molecule has 6 heteroatoms. The topological polar surface area (TPSA) is 99.0 Å². The first-order valence-electron chi connectivity index (χ1n) is 4.40. The standard InChI is InChI=1S/C8H15NO5/c1-3-6(11)5(9-4(2)10)7(12)8(13)14-3/h3,5-8,11-13H,1-2H3,(H,9,10)/t3-,5+,6+,7-,8-/m1/s1. The SMILES string of the molecule is CC(=O)N[C@@H]1[C@@H](O)[C@H](O)O[C@H](C)[C@@H]1O. The molecular weight excluding hydrogens is 190 g/mol. The van der Waals surface area contributed by atoms with Crippen LogP contribution < -0.4 is 5.32 Å². The van der Waals surface area contributed by atoms with E-state index in [1.807, 2.05) is 0 Å². The fraction of sp³-hybridized carbons (Fsp3) is 0.875. The molecule has 0 aliphatic carbocycles. The monoisotopic (exact) mass is 205 g/mol. The highest BCUT2D eigenvalue weighted by atomic mass is 16.6. The van der Waals surface area contributed by atoms with Gasteiger partial charge < -0.3 is 25.4 Å². The number of rotatable bonds is 1. The summed E-state index contributed by atoms with van der Waals surface area (Å²) >= 11 is 0. The lowest BCUT2D eigenvalue weighted by Crippen LogP contribution is -2.62. The second-order valence-electron chi connectivity index (χ2n) is 3.44. The summed E-state index contributed by atoms with van der Waals surface area (Å²) in [6, 6.07) is -0.897. The van der Waals surface area contributed by atoms with Crippen LogP contribution in [0.3, 0.4) is 0 Å². The zero-order chi connectivity index (χ0) is 10.9. The lowest BCUT2D eigenvalue weighted by atomic mass is 9.97. The molecule has 0 aromatic carbocycles. The predicted octanol–water partition coefficient (Wildman–Crippen LogP) is -2.05. The Labute approximate surface area is 81.5 Å². The Morgan fingerprint density at radius 3 is 2.36 bits per heavy atom. The molecule has 0 spiro atoms. The van der Waals surface area contributed by atoms with Crippen LogP contribution in [-0.2, 0) is 9.53 Å². The molecule has 0 saturated carbocycles. The van der Waals surface area contributed by atoms with E-state index in [1.165, 1.54) is 6.92 Å². The highest BCUT2D eigenvalue weighted by molar-refractivity contribution is 5.73. The van der Waals surface area contributed by atoms with Gasteiger partial charge in [0.1, 0.15) is 12.2 Å². The van der Waals surface area contributed by atoms with Gasteiger partial charge in [-0.25, -0.2) is 0 Å². The van der Waals surface area contributed by atoms with E-state index < -0.39 is 30.6 Å². The number of hydrogen-bond donors (Lipinski definition) is 4. The number of nitrogens with one attached hydrogen (secondary N) is 1. The number of ether oxygens (including phenoxy) is 1. The van der Waals surface area contributed by atoms with Gasteiger partial charge in [-0.3, -0.25) is 4.79 Å². The maximum atomic E-state index is 10.8. The Bertz CT molecular complexity index is 208. The van der Waals surface area contributed by atoms with Crippen LogP contribution in [0.25, 0.3) is 0 Å². The Kier molecular flexibility index (Phi) is 3.43. The fourth-order valence-electron chi connectivity index (χ4n) is 1.46. The third kappa shape index (κ3) is 2.21. The maximum Gasteiger partial charge on any atom is 0.217 e. The first kappa shape index (κ1) is 11.4. The van der Waals surface area contributed by atoms with E-state index in [1.54, 1.807) is 6.92 Å². The van der Waals surface area contributed by atoms with Crippen molar-refractivity contribution >= 4 is 5.91 Å². The predicted molar refractivity (Wildman–Crippen MR) is 46.2 cm³/mol. The van der Waals surface area contributed by atoms with Gasteiger partial charge in [0, 0.05) is 6.92 Å². The Balaban J connectivity index is 2.71. The van der Waals surface area contributed by atoms with Crippen LogP contribution in [0.5, 0.6) is 0 Å². The highest BCUT2D eigenvalue weighted by Crippen LogP contribution is 2.19. The van der Waals surface area contributed by atoms with Gasteiger partial charge in [-0.1, -0.05) is 0 Å². The number of aliphatic hydroxyl groups excluding tert-OH is 3. The van der Waals surface area contributed by atoms with Crippen molar-refractivity contribution in [1.82, 2.24) is 5.32 Å². The molecule has 5 atom stereocenters. The van der Waals surface area contributed by atoms with E-state index in [2.05, 4.69) is 5.32 Å². The average Bonchev–Trinajstić information content (AvgIpc) is 2.09. The average molecular weight is 205 g/mol. The molecule has 1 aliphatic rings. The van der Waals surface area contributed by atoms with Gasteiger partial charge in [-0.2, -0.15) is 0 Å². The van der Waals surface area contributed by atoms with Crippen molar-refractivity contribution in [3.63, 3.8) is 0 Å². The molecule has 1 fully saturated rings. The third-order valence-corrected chi connectivity index (χ3v) is 2.23. The summed E-state index contributed by atoms with van der Waals surface area (Å²) in [6.07, 6.45) is -4.36. The Hall–Kier alpha value is -0.690. The largest absolute Gasteiger partial charge is 0.388 e. The van der Waals surface area contributed by atoms with Crippen LogP contribution in [0.15, 0.2) is 0 Å². The van der Waals surface area contributed by atoms with Crippen molar-refractivity contribution in [2.75, 3.05) is 0 Å². The maximum absolute atomic E-state index is 10.8. The van der Waals surface area contributed by atoms with Gasteiger partial charge in [-0.05, 0) is 6.92 Å². The first-order chi connectivity index (χ1) is 6.43. The van der Waals surface area contributed by atoms with Crippen LogP contribution >= 0.6 is 0 Å². The number of aliphatic hydroxyl groups is 3. The summed E-state index contributed by atoms with van der Waals surface area (Å²) in [5.41, 5.74) is 0. The second kappa shape index (κ2) is 4.22. The van der Waals surface area contributed by atoms with Crippen LogP contribution in [0.1, 0.15) is 13.8 Å². The molecule has 4 N–H and O–H groups in total. The zero-order valence-corrected chi connectivity index (χ0v) is 8.04. The number of carbonyl (C=O) groups is 1. The summed E-state index contributed by atoms with van der Waals surface area (Å²) in [7, 11) is 0. The molecule has 82 valence electrons. The molecule has 1 saturated heterocycles. The minimum Gasteiger partial charge on any atom is -0.388 e. The molecule has 1 amide bonds. The summed E-state index contributed by atoms with van der Waals surface area (Å²) in [6.45, 7) is 2.82. The number of hydrogen-bond acceptors (Lipinski definition) is 5. The van der Waals surface area contributed by atoms with E-state index >= 15 is 0 Å². The lowest BCUT2D eigenvalue weighted by molar-refractivity contribution is -0.251. The van der Waals surface area contributed by atoms with Gasteiger partial charge in [0.2, 0.25) is 5.91 Å². The molecule has 14 heavy (non-hydrogen) atoms. The molecule has 0 bridgehead atoms. The van der Waals surface area contributed by atoms with Gasteiger partial charge in [0.25, 0.3) is 0 Å². The summed E-state index contributed by atoms with van der Waals surface area (Å²) in [5.74, 6) is -0.380. The third-order valence-electron chi connectivity index (χ3n) is 2.23. The van der Waals surface area contributed by atoms with Crippen molar-refractivity contribution < 1.29 is 24.9 Å². The van der Waals surface area contributed by atoms with E-state index in [9.17, 15) is 20.1 Å². The van der Waals surface area contributed by atoms with E-state index in [0.29, 0.717) is 0 Å². The molecule has 1 heterocycles. The van der Waals surface area contributed by atoms with Crippen molar-refractivity contribution in [2.45, 2.75) is 44.5 Å². The molecule has 0 aromatic heterocycles. The van der Waals surface area contributed by atoms with E-state index in [-0.39, 0.29) is 5.91 Å². The van der Waals surface area contributed by atoms with E-state index in [4.69, 9.17) is 4.74 Å². The minimum atomic E-state index is -1.38. The molecular formula is C8H15NO5. The van der Waals surface area contributed by atoms with Crippen LogP contribution in [0.4, 0.5) is 0 Å². The normalized spacial score (nSPS) is 43.4. The van der Waals surface area contributed by atoms with Gasteiger partial charge in [0.05, 0.1) is 12.1 Å². The van der Waals surface area contributed by atoms with Gasteiger partial charge in [0.15, 0.2) is 6.29 Å². The molecule has 1 rings (SSSR count). The van der Waals surface area contributed by atoms with Gasteiger partial charge >= 0.3 is 0 Å². The van der Waals surface area contributed by atoms with Gasteiger partial charge in [-0.15, -0.1) is 0 Å². The van der Waals surface area contributed by atoms with Crippen LogP contribution in [0, 0.1) is 0 Å². The van der Waals surface area contributed by atoms with Crippen molar-refractivity contribution in [3.05, 3.63) is 0 Å². The van der Waals surface area contributed by atoms with E-state index in [0.717, 1.165) is 0 Å². The number of carbonyl (C=O) groups excluding carboxylic acids is 1. The molecule has 0 radical (unpaired) electrons. The van der Waals surface area contributed by atoms with Crippen molar-refractivity contribution in [1.29, 1.82) is 0 Å². The molecule has 6 nitrogen and oxygen atoms in total. The minimum absolute atomic E-state index is 0.380. The van der Waals surface area contributed by atoms with Crippen LogP contribution in [-0.4, -0.2) is 51.9 Å². The summed E-state index contributed by atoms with van der Waals surface area (Å²) < 4.78 is 4.83. The quantitative estimate of drug-likeness (QED) is 0.395. The Morgan fingerprint density at radius 2 is 1.86 bits per heavy atom. The zero-order valence-electron chi connectivity index (χ0n) is 8.04. The Morgan fingerprint density at radius 1 is 1.29 bits per heavy atom. The molecule has 0 unspecified atom stereocenters. The number of amides is 1. The first-order valence-corrected chi connectivity index (χ1v) is 4.40. The second-order valence-corrected chi connectivity index (χ2v) is 3.44. The van der Waals surface area contributed by atoms with Crippen LogP contribution in [0.2, 0.25) is 0 Å². The molecule has 0 aromatic rings. The van der Waals surface area contributed by atoms with Crippen molar-refractivity contribution in [3.8, 4) is 0 Å². The highest BCUT2D eigenvalue weighted by Gasteiger charge is 2.42. The van der Waals surface area contributed by atoms with Crippen molar-refractivity contribution in [2.24, 2.45) is 0 Å². The fourth-order valence-corrected chi connectivity index (χ4v) is 1.46. The summed E-state index contributed by atoms with van der Waals surface area (Å²) in [4.78, 5) is 10.8.